The van der Waals surface area contributed by atoms with E-state index in [1.54, 1.807) is 0 Å². The highest BCUT2D eigenvalue weighted by Crippen LogP contribution is 2.32. The van der Waals surface area contributed by atoms with Crippen molar-refractivity contribution in [2.75, 3.05) is 0 Å². The molecule has 1 atom stereocenters. The Morgan fingerprint density at radius 1 is 1.05 bits per heavy atom. The van der Waals surface area contributed by atoms with Gasteiger partial charge in [0.2, 0.25) is 0 Å². The van der Waals surface area contributed by atoms with E-state index in [4.69, 9.17) is 4.74 Å². The highest BCUT2D eigenvalue weighted by molar-refractivity contribution is 5.86. The van der Waals surface area contributed by atoms with Crippen LogP contribution in [-0.4, -0.2) is 6.10 Å². The van der Waals surface area contributed by atoms with Crippen LogP contribution in [0.15, 0.2) is 66.3 Å². The molecule has 110 valence electrons. The maximum Gasteiger partial charge on any atom is 0.105 e. The van der Waals surface area contributed by atoms with E-state index in [9.17, 15) is 0 Å². The van der Waals surface area contributed by atoms with Gasteiger partial charge in [0.25, 0.3) is 0 Å². The van der Waals surface area contributed by atoms with Crippen LogP contribution < -0.4 is 0 Å². The molecule has 0 radical (unpaired) electrons. The largest absolute Gasteiger partial charge is 0.366 e. The first-order chi connectivity index (χ1) is 10.1. The molecule has 0 amide bonds. The predicted molar refractivity (Wildman–Crippen MR) is 91.5 cm³/mol. The Morgan fingerprint density at radius 2 is 1.76 bits per heavy atom. The zero-order valence-corrected chi connectivity index (χ0v) is 13.3. The topological polar surface area (TPSA) is 9.23 Å². The fraction of sp³-hybridized carbons (Fsp3) is 0.300. The lowest BCUT2D eigenvalue weighted by Gasteiger charge is -2.23. The van der Waals surface area contributed by atoms with Crippen LogP contribution in [0.5, 0.6) is 0 Å². The van der Waals surface area contributed by atoms with Gasteiger partial charge < -0.3 is 4.74 Å². The highest BCUT2D eigenvalue weighted by atomic mass is 16.5. The normalized spacial score (nSPS) is 14.2. The lowest BCUT2D eigenvalue weighted by atomic mass is 9.96. The molecular weight excluding hydrogens is 256 g/mol. The van der Waals surface area contributed by atoms with Gasteiger partial charge in [0, 0.05) is 0 Å². The van der Waals surface area contributed by atoms with Crippen molar-refractivity contribution >= 4 is 10.8 Å². The van der Waals surface area contributed by atoms with Gasteiger partial charge in [0.15, 0.2) is 0 Å². The average Bonchev–Trinajstić information content (AvgIpc) is 2.49. The number of hydrogen-bond donors (Lipinski definition) is 0. The van der Waals surface area contributed by atoms with Crippen LogP contribution in [0.2, 0.25) is 0 Å². The predicted octanol–water partition coefficient (Wildman–Crippen LogP) is 5.83. The second kappa shape index (κ2) is 7.24. The van der Waals surface area contributed by atoms with E-state index in [0.29, 0.717) is 0 Å². The summed E-state index contributed by atoms with van der Waals surface area (Å²) in [5, 5.41) is 2.52. The maximum atomic E-state index is 6.20. The van der Waals surface area contributed by atoms with Crippen molar-refractivity contribution in [2.24, 2.45) is 0 Å². The molecule has 2 rings (SSSR count). The van der Waals surface area contributed by atoms with Crippen LogP contribution >= 0.6 is 0 Å². The molecular formula is C20H24O. The molecule has 0 aliphatic rings. The van der Waals surface area contributed by atoms with Gasteiger partial charge in [-0.2, -0.15) is 0 Å². The van der Waals surface area contributed by atoms with Gasteiger partial charge in [-0.05, 0) is 49.6 Å². The summed E-state index contributed by atoms with van der Waals surface area (Å²) in [4.78, 5) is 0. The lowest BCUT2D eigenvalue weighted by Crippen LogP contribution is -2.12. The summed E-state index contributed by atoms with van der Waals surface area (Å²) < 4.78 is 6.20. The second-order valence-electron chi connectivity index (χ2n) is 5.57. The van der Waals surface area contributed by atoms with Crippen molar-refractivity contribution in [2.45, 2.75) is 39.9 Å². The smallest absolute Gasteiger partial charge is 0.105 e. The van der Waals surface area contributed by atoms with Crippen LogP contribution in [0.1, 0.15) is 39.4 Å². The summed E-state index contributed by atoms with van der Waals surface area (Å²) in [6, 6.07) is 14.9. The summed E-state index contributed by atoms with van der Waals surface area (Å²) in [6.07, 6.45) is 6.42. The quantitative estimate of drug-likeness (QED) is 0.626. The van der Waals surface area contributed by atoms with Gasteiger partial charge in [-0.15, -0.1) is 0 Å². The number of hydrogen-bond acceptors (Lipinski definition) is 1. The number of rotatable bonds is 5. The summed E-state index contributed by atoms with van der Waals surface area (Å²) in [6.45, 7) is 8.33. The van der Waals surface area contributed by atoms with Gasteiger partial charge in [-0.1, -0.05) is 60.7 Å². The number of allylic oxidation sites excluding steroid dienone is 3. The van der Waals surface area contributed by atoms with Gasteiger partial charge in [0.1, 0.15) is 6.10 Å². The first kappa shape index (κ1) is 15.5. The van der Waals surface area contributed by atoms with Crippen molar-refractivity contribution < 1.29 is 4.74 Å². The number of benzene rings is 2. The minimum absolute atomic E-state index is 0.00713. The third-order valence-corrected chi connectivity index (χ3v) is 3.48. The Hall–Kier alpha value is -1.86. The molecule has 1 heteroatoms. The van der Waals surface area contributed by atoms with E-state index in [2.05, 4.69) is 75.4 Å². The van der Waals surface area contributed by atoms with E-state index >= 15 is 0 Å². The molecule has 1 nitrogen and oxygen atoms in total. The van der Waals surface area contributed by atoms with E-state index in [-0.39, 0.29) is 12.2 Å². The number of fused-ring (bicyclic) bond motifs is 1. The molecule has 0 saturated carbocycles. The maximum absolute atomic E-state index is 6.20. The molecule has 2 aromatic rings. The Balaban J connectivity index is 2.53. The van der Waals surface area contributed by atoms with Crippen molar-refractivity contribution in [3.63, 3.8) is 0 Å². The molecule has 1 unspecified atom stereocenters. The Morgan fingerprint density at radius 3 is 2.48 bits per heavy atom. The first-order valence-electron chi connectivity index (χ1n) is 7.56. The van der Waals surface area contributed by atoms with Gasteiger partial charge in [-0.3, -0.25) is 0 Å². The van der Waals surface area contributed by atoms with E-state index in [0.717, 1.165) is 0 Å². The van der Waals surface area contributed by atoms with Crippen molar-refractivity contribution in [1.82, 2.24) is 0 Å². The van der Waals surface area contributed by atoms with Crippen LogP contribution in [-0.2, 0) is 4.74 Å². The van der Waals surface area contributed by atoms with Gasteiger partial charge in [-0.25, -0.2) is 0 Å². The molecule has 0 spiro atoms. The van der Waals surface area contributed by atoms with Crippen molar-refractivity contribution in [3.05, 3.63) is 71.8 Å². The van der Waals surface area contributed by atoms with Gasteiger partial charge in [0.05, 0.1) is 6.10 Å². The van der Waals surface area contributed by atoms with Crippen molar-refractivity contribution in [1.29, 1.82) is 0 Å². The van der Waals surface area contributed by atoms with E-state index in [1.165, 1.54) is 21.9 Å². The summed E-state index contributed by atoms with van der Waals surface area (Å²) in [7, 11) is 0. The lowest BCUT2D eigenvalue weighted by molar-refractivity contribution is 0.0289. The Bertz CT molecular complexity index is 644. The molecule has 0 heterocycles. The summed E-state index contributed by atoms with van der Waals surface area (Å²) in [5.41, 5.74) is 2.46. The van der Waals surface area contributed by atoms with Crippen LogP contribution in [0.4, 0.5) is 0 Å². The molecule has 0 fully saturated rings. The Kier molecular flexibility index (Phi) is 5.35. The fourth-order valence-electron chi connectivity index (χ4n) is 2.51. The standard InChI is InChI=1S/C20H24O/c1-5-6-10-16(4)20(21-15(2)3)19-14-9-12-17-11-7-8-13-18(17)19/h5-15,20H,1-4H3/b6-5-,16-10+. The summed E-state index contributed by atoms with van der Waals surface area (Å²) in [5.74, 6) is 0. The highest BCUT2D eigenvalue weighted by Gasteiger charge is 2.17. The van der Waals surface area contributed by atoms with Crippen LogP contribution in [0, 0.1) is 0 Å². The molecule has 0 saturated heterocycles. The molecule has 0 aliphatic carbocycles. The first-order valence-corrected chi connectivity index (χ1v) is 7.56. The van der Waals surface area contributed by atoms with E-state index < -0.39 is 0 Å². The number of ether oxygens (including phenoxy) is 1. The molecule has 21 heavy (non-hydrogen) atoms. The third-order valence-electron chi connectivity index (χ3n) is 3.48. The zero-order valence-electron chi connectivity index (χ0n) is 13.3. The molecule has 2 aromatic carbocycles. The monoisotopic (exact) mass is 280 g/mol. The Labute approximate surface area is 127 Å². The molecule has 0 N–H and O–H groups in total. The van der Waals surface area contributed by atoms with Crippen LogP contribution in [0.25, 0.3) is 10.8 Å². The molecule has 0 bridgehead atoms. The minimum Gasteiger partial charge on any atom is -0.366 e. The van der Waals surface area contributed by atoms with Gasteiger partial charge >= 0.3 is 0 Å². The minimum atomic E-state index is -0.00713. The summed E-state index contributed by atoms with van der Waals surface area (Å²) >= 11 is 0. The SMILES string of the molecule is C/C=C\C=C(/C)C(OC(C)C)c1cccc2ccccc12. The fourth-order valence-corrected chi connectivity index (χ4v) is 2.51. The molecule has 0 aliphatic heterocycles. The zero-order chi connectivity index (χ0) is 15.2. The van der Waals surface area contributed by atoms with E-state index in [1.807, 2.05) is 13.0 Å². The third kappa shape index (κ3) is 3.83. The molecule has 0 aromatic heterocycles. The van der Waals surface area contributed by atoms with Crippen molar-refractivity contribution in [3.8, 4) is 0 Å². The average molecular weight is 280 g/mol. The second-order valence-corrected chi connectivity index (χ2v) is 5.57. The van der Waals surface area contributed by atoms with Crippen LogP contribution in [0.3, 0.4) is 0 Å².